The number of rotatable bonds is 6. The number of hydrogen-bond donors (Lipinski definition) is 1. The van der Waals surface area contributed by atoms with E-state index in [0.29, 0.717) is 12.5 Å². The van der Waals surface area contributed by atoms with Crippen molar-refractivity contribution in [2.24, 2.45) is 5.92 Å². The highest BCUT2D eigenvalue weighted by atomic mass is 32.2. The van der Waals surface area contributed by atoms with E-state index < -0.39 is 5.54 Å². The maximum atomic E-state index is 12.4. The van der Waals surface area contributed by atoms with E-state index in [2.05, 4.69) is 17.4 Å². The van der Waals surface area contributed by atoms with E-state index in [1.807, 2.05) is 25.1 Å². The molecule has 5 heteroatoms. The normalized spacial score (nSPS) is 25.3. The SMILES string of the molecule is C[C@]1(C2CC2)NC(=O)N(CCSCc2ccccc2)C1=O. The lowest BCUT2D eigenvalue weighted by atomic mass is 9.96. The van der Waals surface area contributed by atoms with Gasteiger partial charge in [-0.2, -0.15) is 11.8 Å². The van der Waals surface area contributed by atoms with E-state index in [1.54, 1.807) is 11.8 Å². The van der Waals surface area contributed by atoms with Crippen LogP contribution < -0.4 is 5.32 Å². The van der Waals surface area contributed by atoms with E-state index in [9.17, 15) is 9.59 Å². The minimum atomic E-state index is -0.652. The minimum Gasteiger partial charge on any atom is -0.323 e. The van der Waals surface area contributed by atoms with Gasteiger partial charge in [-0.05, 0) is 31.2 Å². The van der Waals surface area contributed by atoms with Crippen LogP contribution in [0.3, 0.4) is 0 Å². The number of nitrogens with zero attached hydrogens (tertiary/aromatic N) is 1. The fourth-order valence-corrected chi connectivity index (χ4v) is 3.66. The van der Waals surface area contributed by atoms with Gasteiger partial charge in [0.1, 0.15) is 5.54 Å². The lowest BCUT2D eigenvalue weighted by Crippen LogP contribution is -2.46. The van der Waals surface area contributed by atoms with Crippen molar-refractivity contribution < 1.29 is 9.59 Å². The largest absolute Gasteiger partial charge is 0.325 e. The molecule has 2 fully saturated rings. The van der Waals surface area contributed by atoms with Crippen molar-refractivity contribution in [2.45, 2.75) is 31.1 Å². The molecule has 1 saturated carbocycles. The number of thioether (sulfide) groups is 1. The molecule has 21 heavy (non-hydrogen) atoms. The van der Waals surface area contributed by atoms with Gasteiger partial charge >= 0.3 is 6.03 Å². The molecule has 4 nitrogen and oxygen atoms in total. The van der Waals surface area contributed by atoms with Crippen molar-refractivity contribution in [3.63, 3.8) is 0 Å². The molecule has 0 aromatic heterocycles. The van der Waals surface area contributed by atoms with E-state index >= 15 is 0 Å². The zero-order valence-corrected chi connectivity index (χ0v) is 13.0. The third-order valence-corrected chi connectivity index (χ3v) is 5.27. The maximum absolute atomic E-state index is 12.4. The third-order valence-electron chi connectivity index (χ3n) is 4.27. The Morgan fingerprint density at radius 3 is 2.67 bits per heavy atom. The van der Waals surface area contributed by atoms with E-state index in [-0.39, 0.29) is 11.9 Å². The monoisotopic (exact) mass is 304 g/mol. The molecule has 0 radical (unpaired) electrons. The van der Waals surface area contributed by atoms with Crippen LogP contribution in [0.2, 0.25) is 0 Å². The average molecular weight is 304 g/mol. The van der Waals surface area contributed by atoms with Gasteiger partial charge in [-0.25, -0.2) is 4.79 Å². The predicted molar refractivity (Wildman–Crippen MR) is 84.0 cm³/mol. The molecule has 0 unspecified atom stereocenters. The number of amides is 3. The van der Waals surface area contributed by atoms with Gasteiger partial charge in [0.15, 0.2) is 0 Å². The summed E-state index contributed by atoms with van der Waals surface area (Å²) < 4.78 is 0. The summed E-state index contributed by atoms with van der Waals surface area (Å²) in [5.74, 6) is 1.96. The second-order valence-electron chi connectivity index (χ2n) is 5.90. The van der Waals surface area contributed by atoms with E-state index in [0.717, 1.165) is 24.3 Å². The quantitative estimate of drug-likeness (QED) is 0.649. The van der Waals surface area contributed by atoms with Crippen molar-refractivity contribution in [3.8, 4) is 0 Å². The molecule has 3 amide bonds. The molecule has 2 aliphatic rings. The summed E-state index contributed by atoms with van der Waals surface area (Å²) in [5.41, 5.74) is 0.615. The van der Waals surface area contributed by atoms with Crippen LogP contribution in [0, 0.1) is 5.92 Å². The number of nitrogens with one attached hydrogen (secondary N) is 1. The Hall–Kier alpha value is -1.49. The van der Waals surface area contributed by atoms with Crippen molar-refractivity contribution in [1.82, 2.24) is 10.2 Å². The highest BCUT2D eigenvalue weighted by Crippen LogP contribution is 2.42. The number of carbonyl (C=O) groups excluding carboxylic acids is 2. The van der Waals surface area contributed by atoms with Gasteiger partial charge in [-0.3, -0.25) is 9.69 Å². The molecule has 1 aliphatic carbocycles. The number of carbonyl (C=O) groups is 2. The molecule has 1 heterocycles. The Kier molecular flexibility index (Phi) is 3.93. The molecule has 1 saturated heterocycles. The van der Waals surface area contributed by atoms with Gasteiger partial charge in [0.2, 0.25) is 0 Å². The highest BCUT2D eigenvalue weighted by Gasteiger charge is 2.55. The highest BCUT2D eigenvalue weighted by molar-refractivity contribution is 7.98. The first-order chi connectivity index (χ1) is 10.1. The molecular formula is C16H20N2O2S. The zero-order chi connectivity index (χ0) is 14.9. The predicted octanol–water partition coefficient (Wildman–Crippen LogP) is 2.64. The summed E-state index contributed by atoms with van der Waals surface area (Å²) in [7, 11) is 0. The van der Waals surface area contributed by atoms with Gasteiger partial charge in [0.05, 0.1) is 0 Å². The Balaban J connectivity index is 1.49. The first kappa shape index (κ1) is 14.4. The van der Waals surface area contributed by atoms with Crippen LogP contribution in [0.25, 0.3) is 0 Å². The number of urea groups is 1. The van der Waals surface area contributed by atoms with Crippen LogP contribution in [0.15, 0.2) is 30.3 Å². The van der Waals surface area contributed by atoms with Gasteiger partial charge in [0.25, 0.3) is 5.91 Å². The summed E-state index contributed by atoms with van der Waals surface area (Å²) in [6.07, 6.45) is 2.08. The Bertz CT molecular complexity index is 544. The van der Waals surface area contributed by atoms with Gasteiger partial charge in [-0.1, -0.05) is 30.3 Å². The topological polar surface area (TPSA) is 49.4 Å². The molecule has 1 aliphatic heterocycles. The molecule has 3 rings (SSSR count). The van der Waals surface area contributed by atoms with Crippen molar-refractivity contribution in [1.29, 1.82) is 0 Å². The summed E-state index contributed by atoms with van der Waals surface area (Å²) in [4.78, 5) is 25.8. The molecule has 112 valence electrons. The summed E-state index contributed by atoms with van der Waals surface area (Å²) in [5, 5.41) is 2.88. The van der Waals surface area contributed by atoms with Crippen LogP contribution in [0.5, 0.6) is 0 Å². The van der Waals surface area contributed by atoms with Gasteiger partial charge in [0, 0.05) is 18.1 Å². The second kappa shape index (κ2) is 5.72. The Labute approximate surface area is 129 Å². The molecule has 0 bridgehead atoms. The number of hydrogen-bond acceptors (Lipinski definition) is 3. The van der Waals surface area contributed by atoms with Crippen molar-refractivity contribution >= 4 is 23.7 Å². The Morgan fingerprint density at radius 1 is 1.29 bits per heavy atom. The Morgan fingerprint density at radius 2 is 2.00 bits per heavy atom. The molecule has 0 spiro atoms. The fraction of sp³-hybridized carbons (Fsp3) is 0.500. The molecule has 1 N–H and O–H groups in total. The van der Waals surface area contributed by atoms with Gasteiger partial charge < -0.3 is 5.32 Å². The summed E-state index contributed by atoms with van der Waals surface area (Å²) >= 11 is 1.75. The molecule has 1 aromatic carbocycles. The summed E-state index contributed by atoms with van der Waals surface area (Å²) in [6.45, 7) is 2.35. The lowest BCUT2D eigenvalue weighted by Gasteiger charge is -2.20. The first-order valence-corrected chi connectivity index (χ1v) is 8.52. The smallest absolute Gasteiger partial charge is 0.323 e. The lowest BCUT2D eigenvalue weighted by molar-refractivity contribution is -0.131. The van der Waals surface area contributed by atoms with E-state index in [1.165, 1.54) is 10.5 Å². The molecule has 1 atom stereocenters. The molecule has 1 aromatic rings. The summed E-state index contributed by atoms with van der Waals surface area (Å²) in [6, 6.07) is 9.99. The second-order valence-corrected chi connectivity index (χ2v) is 7.01. The van der Waals surface area contributed by atoms with Crippen LogP contribution in [0.4, 0.5) is 4.79 Å². The first-order valence-electron chi connectivity index (χ1n) is 7.37. The van der Waals surface area contributed by atoms with E-state index in [4.69, 9.17) is 0 Å². The van der Waals surface area contributed by atoms with Crippen molar-refractivity contribution in [3.05, 3.63) is 35.9 Å². The third kappa shape index (κ3) is 2.93. The average Bonchev–Trinajstić information content (AvgIpc) is 3.29. The van der Waals surface area contributed by atoms with Crippen molar-refractivity contribution in [2.75, 3.05) is 12.3 Å². The van der Waals surface area contributed by atoms with Crippen LogP contribution in [0.1, 0.15) is 25.3 Å². The fourth-order valence-electron chi connectivity index (χ4n) is 2.78. The number of benzene rings is 1. The van der Waals surface area contributed by atoms with Crippen LogP contribution in [-0.4, -0.2) is 34.7 Å². The molecular weight excluding hydrogens is 284 g/mol. The van der Waals surface area contributed by atoms with Gasteiger partial charge in [-0.15, -0.1) is 0 Å². The number of imide groups is 1. The van der Waals surface area contributed by atoms with Crippen LogP contribution >= 0.6 is 11.8 Å². The standard InChI is InChI=1S/C16H20N2O2S/c1-16(13-7-8-13)14(19)18(15(20)17-16)9-10-21-11-12-5-3-2-4-6-12/h2-6,13H,7-11H2,1H3,(H,17,20)/t16-/m1/s1. The maximum Gasteiger partial charge on any atom is 0.325 e. The zero-order valence-electron chi connectivity index (χ0n) is 12.2. The minimum absolute atomic E-state index is 0.0460. The van der Waals surface area contributed by atoms with Crippen LogP contribution in [-0.2, 0) is 10.5 Å².